The van der Waals surface area contributed by atoms with Crippen LogP contribution in [-0.4, -0.2) is 24.0 Å². The van der Waals surface area contributed by atoms with Gasteiger partial charge in [-0.25, -0.2) is 13.1 Å². The normalized spacial score (nSPS) is 11.6. The Kier molecular flexibility index (Phi) is 4.97. The highest BCUT2D eigenvalue weighted by atomic mass is 32.2. The molecule has 7 heteroatoms. The summed E-state index contributed by atoms with van der Waals surface area (Å²) in [5.41, 5.74) is 2.94. The van der Waals surface area contributed by atoms with Crippen LogP contribution in [0, 0.1) is 13.8 Å². The van der Waals surface area contributed by atoms with Gasteiger partial charge in [0.2, 0.25) is 10.0 Å². The summed E-state index contributed by atoms with van der Waals surface area (Å²) < 4.78 is 29.5. The highest BCUT2D eigenvalue weighted by Gasteiger charge is 2.27. The van der Waals surface area contributed by atoms with Gasteiger partial charge in [0.1, 0.15) is 5.69 Å². The summed E-state index contributed by atoms with van der Waals surface area (Å²) in [5.74, 6) is 0. The molecule has 0 aliphatic heterocycles. The molecule has 0 saturated carbocycles. The number of aryl methyl sites for hydroxylation is 1. The molecular formula is C20H23N3O3S. The third kappa shape index (κ3) is 3.68. The summed E-state index contributed by atoms with van der Waals surface area (Å²) in [4.78, 5) is 13.2. The Morgan fingerprint density at radius 3 is 2.26 bits per heavy atom. The van der Waals surface area contributed by atoms with Gasteiger partial charge in [-0.05, 0) is 31.5 Å². The van der Waals surface area contributed by atoms with Crippen LogP contribution in [0.4, 0.5) is 5.69 Å². The molecular weight excluding hydrogens is 362 g/mol. The maximum atomic E-state index is 13.2. The molecule has 0 aliphatic carbocycles. The van der Waals surface area contributed by atoms with Gasteiger partial charge in [0.25, 0.3) is 5.56 Å². The SMILES string of the molecule is Cc1cccc(CN(c2c(C)n(C)n(-c3ccccc3)c2=O)S(C)(=O)=O)c1. The Morgan fingerprint density at radius 1 is 1.00 bits per heavy atom. The number of para-hydroxylation sites is 1. The summed E-state index contributed by atoms with van der Waals surface area (Å²) in [6, 6.07) is 16.8. The van der Waals surface area contributed by atoms with Crippen molar-refractivity contribution in [1.29, 1.82) is 0 Å². The predicted molar refractivity (Wildman–Crippen MR) is 108 cm³/mol. The number of sulfonamides is 1. The number of hydrogen-bond donors (Lipinski definition) is 0. The first-order valence-electron chi connectivity index (χ1n) is 8.57. The third-order valence-corrected chi connectivity index (χ3v) is 5.69. The molecule has 0 fully saturated rings. The number of rotatable bonds is 5. The first kappa shape index (κ1) is 19.0. The van der Waals surface area contributed by atoms with Crippen molar-refractivity contribution in [3.05, 3.63) is 81.8 Å². The quantitative estimate of drug-likeness (QED) is 0.678. The van der Waals surface area contributed by atoms with E-state index in [0.717, 1.165) is 17.4 Å². The molecule has 3 aromatic rings. The summed E-state index contributed by atoms with van der Waals surface area (Å²) in [5, 5.41) is 0. The standard InChI is InChI=1S/C20H23N3O3S/c1-15-9-8-10-17(13-15)14-22(27(4,25)26)19-16(2)21(3)23(20(19)24)18-11-6-5-7-12-18/h5-13H,14H2,1-4H3. The van der Waals surface area contributed by atoms with Crippen molar-refractivity contribution >= 4 is 15.7 Å². The molecule has 0 radical (unpaired) electrons. The van der Waals surface area contributed by atoms with Gasteiger partial charge in [-0.2, -0.15) is 0 Å². The van der Waals surface area contributed by atoms with Crippen molar-refractivity contribution in [1.82, 2.24) is 9.36 Å². The molecule has 0 amide bonds. The Morgan fingerprint density at radius 2 is 1.67 bits per heavy atom. The first-order chi connectivity index (χ1) is 12.7. The summed E-state index contributed by atoms with van der Waals surface area (Å²) in [6.45, 7) is 3.81. The second-order valence-electron chi connectivity index (χ2n) is 6.67. The zero-order valence-corrected chi connectivity index (χ0v) is 16.7. The molecule has 1 aromatic heterocycles. The molecule has 3 rings (SSSR count). The lowest BCUT2D eigenvalue weighted by molar-refractivity contribution is 0.596. The van der Waals surface area contributed by atoms with Crippen molar-refractivity contribution in [3.8, 4) is 5.69 Å². The predicted octanol–water partition coefficient (Wildman–Crippen LogP) is 2.76. The zero-order chi connectivity index (χ0) is 19.8. The molecule has 27 heavy (non-hydrogen) atoms. The Labute approximate surface area is 159 Å². The molecule has 2 aromatic carbocycles. The van der Waals surface area contributed by atoms with E-state index < -0.39 is 10.0 Å². The molecule has 0 atom stereocenters. The van der Waals surface area contributed by atoms with Gasteiger partial charge in [-0.15, -0.1) is 0 Å². The maximum Gasteiger partial charge on any atom is 0.296 e. The molecule has 0 aliphatic rings. The molecule has 0 saturated heterocycles. The van der Waals surface area contributed by atoms with Crippen LogP contribution in [0.1, 0.15) is 16.8 Å². The maximum absolute atomic E-state index is 13.2. The zero-order valence-electron chi connectivity index (χ0n) is 15.9. The molecule has 0 spiro atoms. The number of aromatic nitrogens is 2. The largest absolute Gasteiger partial charge is 0.296 e. The smallest absolute Gasteiger partial charge is 0.283 e. The van der Waals surface area contributed by atoms with Crippen molar-refractivity contribution < 1.29 is 8.42 Å². The molecule has 0 unspecified atom stereocenters. The lowest BCUT2D eigenvalue weighted by Crippen LogP contribution is -2.34. The monoisotopic (exact) mass is 385 g/mol. The van der Waals surface area contributed by atoms with E-state index in [0.29, 0.717) is 11.4 Å². The van der Waals surface area contributed by atoms with E-state index in [1.807, 2.05) is 61.5 Å². The van der Waals surface area contributed by atoms with Gasteiger partial charge in [-0.3, -0.25) is 13.8 Å². The fourth-order valence-electron chi connectivity index (χ4n) is 3.18. The van der Waals surface area contributed by atoms with Crippen LogP contribution in [0.3, 0.4) is 0 Å². The molecule has 0 bridgehead atoms. The highest BCUT2D eigenvalue weighted by Crippen LogP contribution is 2.23. The average molecular weight is 385 g/mol. The van der Waals surface area contributed by atoms with Gasteiger partial charge in [0.05, 0.1) is 24.2 Å². The van der Waals surface area contributed by atoms with Crippen molar-refractivity contribution in [2.24, 2.45) is 7.05 Å². The van der Waals surface area contributed by atoms with E-state index in [4.69, 9.17) is 0 Å². The van der Waals surface area contributed by atoms with E-state index in [1.54, 1.807) is 18.7 Å². The fourth-order valence-corrected chi connectivity index (χ4v) is 4.11. The van der Waals surface area contributed by atoms with Crippen LogP contribution in [0.5, 0.6) is 0 Å². The number of anilines is 1. The van der Waals surface area contributed by atoms with Crippen molar-refractivity contribution in [2.75, 3.05) is 10.6 Å². The van der Waals surface area contributed by atoms with Crippen LogP contribution < -0.4 is 9.86 Å². The van der Waals surface area contributed by atoms with Crippen LogP contribution >= 0.6 is 0 Å². The van der Waals surface area contributed by atoms with Gasteiger partial charge < -0.3 is 0 Å². The van der Waals surface area contributed by atoms with E-state index in [2.05, 4.69) is 0 Å². The van der Waals surface area contributed by atoms with Gasteiger partial charge in [0.15, 0.2) is 0 Å². The Balaban J connectivity index is 2.18. The van der Waals surface area contributed by atoms with E-state index in [9.17, 15) is 13.2 Å². The van der Waals surface area contributed by atoms with Crippen LogP contribution in [0.25, 0.3) is 5.69 Å². The van der Waals surface area contributed by atoms with E-state index in [-0.39, 0.29) is 17.8 Å². The van der Waals surface area contributed by atoms with Crippen LogP contribution in [-0.2, 0) is 23.6 Å². The number of benzene rings is 2. The first-order valence-corrected chi connectivity index (χ1v) is 10.4. The number of hydrogen-bond acceptors (Lipinski definition) is 3. The fraction of sp³-hybridized carbons (Fsp3) is 0.250. The molecule has 1 heterocycles. The topological polar surface area (TPSA) is 64.3 Å². The highest BCUT2D eigenvalue weighted by molar-refractivity contribution is 7.92. The summed E-state index contributed by atoms with van der Waals surface area (Å²) in [6.07, 6.45) is 1.13. The lowest BCUT2D eigenvalue weighted by atomic mass is 10.1. The van der Waals surface area contributed by atoms with E-state index in [1.165, 1.54) is 8.99 Å². The minimum Gasteiger partial charge on any atom is -0.283 e. The Bertz CT molecular complexity index is 1130. The number of nitrogens with zero attached hydrogens (tertiary/aromatic N) is 3. The van der Waals surface area contributed by atoms with E-state index >= 15 is 0 Å². The molecule has 6 nitrogen and oxygen atoms in total. The Hall–Kier alpha value is -2.80. The van der Waals surface area contributed by atoms with Gasteiger partial charge in [-0.1, -0.05) is 48.0 Å². The van der Waals surface area contributed by atoms with Gasteiger partial charge in [0, 0.05) is 7.05 Å². The van der Waals surface area contributed by atoms with Crippen LogP contribution in [0.2, 0.25) is 0 Å². The van der Waals surface area contributed by atoms with Crippen LogP contribution in [0.15, 0.2) is 59.4 Å². The second kappa shape index (κ2) is 7.08. The molecule has 0 N–H and O–H groups in total. The average Bonchev–Trinajstić information content (AvgIpc) is 2.82. The minimum atomic E-state index is -3.65. The minimum absolute atomic E-state index is 0.107. The van der Waals surface area contributed by atoms with Gasteiger partial charge >= 0.3 is 0 Å². The third-order valence-electron chi connectivity index (χ3n) is 4.58. The lowest BCUT2D eigenvalue weighted by Gasteiger charge is -2.21. The van der Waals surface area contributed by atoms with Crippen molar-refractivity contribution in [3.63, 3.8) is 0 Å². The summed E-state index contributed by atoms with van der Waals surface area (Å²) >= 11 is 0. The second-order valence-corrected chi connectivity index (χ2v) is 8.58. The molecule has 142 valence electrons. The summed E-state index contributed by atoms with van der Waals surface area (Å²) in [7, 11) is -1.90. The van der Waals surface area contributed by atoms with Crippen molar-refractivity contribution in [2.45, 2.75) is 20.4 Å².